The van der Waals surface area contributed by atoms with Gasteiger partial charge < -0.3 is 5.32 Å². The van der Waals surface area contributed by atoms with Crippen molar-refractivity contribution in [1.29, 1.82) is 0 Å². The maximum atomic E-state index is 12.7. The molecular formula is C13H15FN4OS. The molecule has 106 valence electrons. The second-order valence-corrected chi connectivity index (χ2v) is 5.67. The maximum absolute atomic E-state index is 12.7. The van der Waals surface area contributed by atoms with E-state index in [-0.39, 0.29) is 11.9 Å². The van der Waals surface area contributed by atoms with Crippen LogP contribution in [0.25, 0.3) is 0 Å². The summed E-state index contributed by atoms with van der Waals surface area (Å²) in [4.78, 5) is 20.8. The summed E-state index contributed by atoms with van der Waals surface area (Å²) >= 11 is 1.62. The number of amides is 2. The van der Waals surface area contributed by atoms with Crippen LogP contribution in [0, 0.1) is 12.7 Å². The molecule has 0 aliphatic rings. The minimum Gasteiger partial charge on any atom is -0.337 e. The molecule has 1 atom stereocenters. The fraction of sp³-hybridized carbons (Fsp3) is 0.308. The summed E-state index contributed by atoms with van der Waals surface area (Å²) in [6.45, 7) is 4.46. The van der Waals surface area contributed by atoms with E-state index < -0.39 is 5.82 Å². The van der Waals surface area contributed by atoms with E-state index in [1.165, 1.54) is 12.1 Å². The first kappa shape index (κ1) is 14.4. The van der Waals surface area contributed by atoms with Gasteiger partial charge in [0.1, 0.15) is 11.6 Å². The van der Waals surface area contributed by atoms with Gasteiger partial charge in [-0.2, -0.15) is 0 Å². The molecule has 2 aromatic rings. The summed E-state index contributed by atoms with van der Waals surface area (Å²) < 4.78 is 12.7. The van der Waals surface area contributed by atoms with Crippen LogP contribution >= 0.6 is 11.3 Å². The molecule has 2 amide bonds. The Morgan fingerprint density at radius 1 is 1.40 bits per heavy atom. The third-order valence-corrected chi connectivity index (χ3v) is 3.74. The van der Waals surface area contributed by atoms with Gasteiger partial charge in [-0.15, -0.1) is 11.3 Å². The van der Waals surface area contributed by atoms with Crippen LogP contribution < -0.4 is 10.6 Å². The molecule has 2 aromatic heterocycles. The predicted molar refractivity (Wildman–Crippen MR) is 76.5 cm³/mol. The van der Waals surface area contributed by atoms with Crippen LogP contribution in [0.4, 0.5) is 15.0 Å². The SMILES string of the molecule is Cc1cnc([C@@H](C)CNC(=O)Nc2ccc(F)cn2)s1. The first-order chi connectivity index (χ1) is 9.54. The van der Waals surface area contributed by atoms with E-state index in [4.69, 9.17) is 0 Å². The third kappa shape index (κ3) is 3.99. The Kier molecular flexibility index (Phi) is 4.62. The summed E-state index contributed by atoms with van der Waals surface area (Å²) in [6, 6.07) is 2.27. The number of halogens is 1. The van der Waals surface area contributed by atoms with Gasteiger partial charge >= 0.3 is 6.03 Å². The Bertz CT molecular complexity index is 584. The van der Waals surface area contributed by atoms with Crippen LogP contribution in [0.3, 0.4) is 0 Å². The monoisotopic (exact) mass is 294 g/mol. The van der Waals surface area contributed by atoms with Gasteiger partial charge in [0.05, 0.1) is 11.2 Å². The zero-order valence-electron chi connectivity index (χ0n) is 11.2. The standard InChI is InChI=1S/C13H15FN4OS/c1-8(12-16-6-9(2)20-12)5-17-13(19)18-11-4-3-10(14)7-15-11/h3-4,6-8H,5H2,1-2H3,(H2,15,17,18,19)/t8-/m0/s1. The molecule has 0 aromatic carbocycles. The summed E-state index contributed by atoms with van der Waals surface area (Å²) in [5, 5.41) is 6.26. The number of thiazole rings is 1. The van der Waals surface area contributed by atoms with Crippen molar-refractivity contribution in [2.24, 2.45) is 0 Å². The second kappa shape index (κ2) is 6.42. The highest BCUT2D eigenvalue weighted by Crippen LogP contribution is 2.20. The van der Waals surface area contributed by atoms with E-state index in [1.54, 1.807) is 11.3 Å². The van der Waals surface area contributed by atoms with Crippen molar-refractivity contribution >= 4 is 23.2 Å². The molecule has 5 nitrogen and oxygen atoms in total. The second-order valence-electron chi connectivity index (χ2n) is 4.41. The average molecular weight is 294 g/mol. The molecule has 7 heteroatoms. The molecule has 0 saturated heterocycles. The Morgan fingerprint density at radius 2 is 2.20 bits per heavy atom. The van der Waals surface area contributed by atoms with E-state index in [9.17, 15) is 9.18 Å². The van der Waals surface area contributed by atoms with Gasteiger partial charge in [-0.1, -0.05) is 6.92 Å². The van der Waals surface area contributed by atoms with E-state index in [0.29, 0.717) is 12.4 Å². The lowest BCUT2D eigenvalue weighted by Gasteiger charge is -2.10. The van der Waals surface area contributed by atoms with Crippen molar-refractivity contribution in [3.63, 3.8) is 0 Å². The van der Waals surface area contributed by atoms with Gasteiger partial charge in [0.25, 0.3) is 0 Å². The molecule has 0 aliphatic heterocycles. The normalized spacial score (nSPS) is 11.9. The van der Waals surface area contributed by atoms with Crippen LogP contribution in [0.15, 0.2) is 24.5 Å². The Balaban J connectivity index is 1.81. The number of nitrogens with zero attached hydrogens (tertiary/aromatic N) is 2. The number of hydrogen-bond acceptors (Lipinski definition) is 4. The first-order valence-corrected chi connectivity index (χ1v) is 6.95. The number of carbonyl (C=O) groups is 1. The van der Waals surface area contributed by atoms with Gasteiger partial charge in [-0.25, -0.2) is 19.2 Å². The number of rotatable bonds is 4. The van der Waals surface area contributed by atoms with Crippen molar-refractivity contribution in [2.45, 2.75) is 19.8 Å². The van der Waals surface area contributed by atoms with E-state index >= 15 is 0 Å². The number of carbonyl (C=O) groups excluding carboxylic acids is 1. The van der Waals surface area contributed by atoms with Crippen molar-refractivity contribution < 1.29 is 9.18 Å². The molecule has 0 unspecified atom stereocenters. The molecule has 0 spiro atoms. The zero-order chi connectivity index (χ0) is 14.5. The largest absolute Gasteiger partial charge is 0.337 e. The van der Waals surface area contributed by atoms with Gasteiger partial charge in [0.2, 0.25) is 0 Å². The predicted octanol–water partition coefficient (Wildman–Crippen LogP) is 2.91. The molecule has 0 aliphatic carbocycles. The Labute approximate surface area is 120 Å². The topological polar surface area (TPSA) is 66.9 Å². The molecule has 0 bridgehead atoms. The smallest absolute Gasteiger partial charge is 0.320 e. The number of hydrogen-bond donors (Lipinski definition) is 2. The van der Waals surface area contributed by atoms with Gasteiger partial charge in [-0.3, -0.25) is 5.32 Å². The number of urea groups is 1. The molecule has 0 saturated carbocycles. The highest BCUT2D eigenvalue weighted by molar-refractivity contribution is 7.11. The highest BCUT2D eigenvalue weighted by Gasteiger charge is 2.11. The van der Waals surface area contributed by atoms with Crippen LogP contribution in [-0.2, 0) is 0 Å². The van der Waals surface area contributed by atoms with Crippen LogP contribution in [0.2, 0.25) is 0 Å². The summed E-state index contributed by atoms with van der Waals surface area (Å²) in [7, 11) is 0. The fourth-order valence-corrected chi connectivity index (χ4v) is 2.37. The van der Waals surface area contributed by atoms with Gasteiger partial charge in [0.15, 0.2) is 0 Å². The first-order valence-electron chi connectivity index (χ1n) is 6.13. The fourth-order valence-electron chi connectivity index (χ4n) is 1.54. The number of aryl methyl sites for hydroxylation is 1. The molecule has 20 heavy (non-hydrogen) atoms. The third-order valence-electron chi connectivity index (χ3n) is 2.60. The molecule has 0 fully saturated rings. The minimum atomic E-state index is -0.441. The lowest BCUT2D eigenvalue weighted by atomic mass is 10.2. The minimum absolute atomic E-state index is 0.139. The van der Waals surface area contributed by atoms with Crippen LogP contribution in [0.5, 0.6) is 0 Å². The maximum Gasteiger partial charge on any atom is 0.320 e. The average Bonchev–Trinajstić information content (AvgIpc) is 2.85. The van der Waals surface area contributed by atoms with Gasteiger partial charge in [-0.05, 0) is 19.1 Å². The van der Waals surface area contributed by atoms with Crippen LogP contribution in [-0.4, -0.2) is 22.5 Å². The molecular weight excluding hydrogens is 279 g/mol. The lowest BCUT2D eigenvalue weighted by Crippen LogP contribution is -2.32. The quantitative estimate of drug-likeness (QED) is 0.911. The number of pyridine rings is 1. The Hall–Kier alpha value is -2.02. The number of anilines is 1. The number of aromatic nitrogens is 2. The summed E-state index contributed by atoms with van der Waals surface area (Å²) in [5.41, 5.74) is 0. The zero-order valence-corrected chi connectivity index (χ0v) is 12.0. The van der Waals surface area contributed by atoms with Crippen molar-refractivity contribution in [3.05, 3.63) is 40.2 Å². The lowest BCUT2D eigenvalue weighted by molar-refractivity contribution is 0.251. The summed E-state index contributed by atoms with van der Waals surface area (Å²) in [5.74, 6) is 0.00555. The molecule has 2 heterocycles. The highest BCUT2D eigenvalue weighted by atomic mass is 32.1. The Morgan fingerprint density at radius 3 is 2.80 bits per heavy atom. The van der Waals surface area contributed by atoms with E-state index in [0.717, 1.165) is 16.1 Å². The van der Waals surface area contributed by atoms with Crippen molar-refractivity contribution in [1.82, 2.24) is 15.3 Å². The van der Waals surface area contributed by atoms with E-state index in [2.05, 4.69) is 20.6 Å². The molecule has 0 radical (unpaired) electrons. The van der Waals surface area contributed by atoms with E-state index in [1.807, 2.05) is 20.0 Å². The van der Waals surface area contributed by atoms with Crippen LogP contribution in [0.1, 0.15) is 22.7 Å². The van der Waals surface area contributed by atoms with Crippen molar-refractivity contribution in [2.75, 3.05) is 11.9 Å². The van der Waals surface area contributed by atoms with Gasteiger partial charge in [0, 0.05) is 23.5 Å². The molecule has 2 N–H and O–H groups in total. The van der Waals surface area contributed by atoms with Crippen molar-refractivity contribution in [3.8, 4) is 0 Å². The number of nitrogens with one attached hydrogen (secondary N) is 2. The molecule has 2 rings (SSSR count). The summed E-state index contributed by atoms with van der Waals surface area (Å²) in [6.07, 6.45) is 2.87.